The summed E-state index contributed by atoms with van der Waals surface area (Å²) in [4.78, 5) is 6.92. The second-order valence-corrected chi connectivity index (χ2v) is 5.95. The van der Waals surface area contributed by atoms with E-state index in [1.54, 1.807) is 0 Å². The van der Waals surface area contributed by atoms with E-state index in [1.165, 1.54) is 18.4 Å². The summed E-state index contributed by atoms with van der Waals surface area (Å²) in [6.07, 6.45) is 4.25. The summed E-state index contributed by atoms with van der Waals surface area (Å²) < 4.78 is 5.40. The van der Waals surface area contributed by atoms with E-state index in [2.05, 4.69) is 44.6 Å². The van der Waals surface area contributed by atoms with Gasteiger partial charge in [0.05, 0.1) is 6.54 Å². The van der Waals surface area contributed by atoms with Crippen LogP contribution in [0.1, 0.15) is 30.1 Å². The van der Waals surface area contributed by atoms with Crippen molar-refractivity contribution < 1.29 is 4.52 Å². The van der Waals surface area contributed by atoms with Crippen LogP contribution in [0, 0.1) is 0 Å². The summed E-state index contributed by atoms with van der Waals surface area (Å²) in [7, 11) is 2.03. The Labute approximate surface area is 131 Å². The van der Waals surface area contributed by atoms with Gasteiger partial charge in [0.25, 0.3) is 0 Å². The summed E-state index contributed by atoms with van der Waals surface area (Å²) in [6, 6.07) is 11.0. The van der Waals surface area contributed by atoms with E-state index < -0.39 is 0 Å². The lowest BCUT2D eigenvalue weighted by molar-refractivity contribution is 0.167. The maximum Gasteiger partial charge on any atom is 0.240 e. The molecular formula is C17H24N4O. The van der Waals surface area contributed by atoms with Crippen LogP contribution in [0.3, 0.4) is 0 Å². The van der Waals surface area contributed by atoms with Crippen molar-refractivity contribution >= 4 is 0 Å². The van der Waals surface area contributed by atoms with Crippen molar-refractivity contribution in [3.63, 3.8) is 0 Å². The first kappa shape index (κ1) is 15.2. The van der Waals surface area contributed by atoms with Crippen LogP contribution >= 0.6 is 0 Å². The highest BCUT2D eigenvalue weighted by Crippen LogP contribution is 2.13. The Balaban J connectivity index is 1.50. The second-order valence-electron chi connectivity index (χ2n) is 5.95. The lowest BCUT2D eigenvalue weighted by atomic mass is 10.1. The fraction of sp³-hybridized carbons (Fsp3) is 0.529. The normalized spacial score (nSPS) is 19.4. The van der Waals surface area contributed by atoms with Gasteiger partial charge in [-0.3, -0.25) is 4.90 Å². The molecule has 1 unspecified atom stereocenters. The Morgan fingerprint density at radius 1 is 1.27 bits per heavy atom. The summed E-state index contributed by atoms with van der Waals surface area (Å²) in [5.41, 5.74) is 1.31. The molecule has 1 N–H and O–H groups in total. The molecule has 0 amide bonds. The number of benzene rings is 1. The van der Waals surface area contributed by atoms with Crippen LogP contribution in [0.25, 0.3) is 0 Å². The van der Waals surface area contributed by atoms with Gasteiger partial charge < -0.3 is 9.84 Å². The number of nitrogens with zero attached hydrogens (tertiary/aromatic N) is 3. The molecule has 1 aliphatic rings. The van der Waals surface area contributed by atoms with Gasteiger partial charge in [-0.05, 0) is 38.4 Å². The molecule has 0 aliphatic carbocycles. The van der Waals surface area contributed by atoms with Crippen LogP contribution in [0.4, 0.5) is 0 Å². The number of aromatic nitrogens is 2. The number of likely N-dealkylation sites (N-methyl/N-ethyl adjacent to an activating group) is 1. The van der Waals surface area contributed by atoms with Gasteiger partial charge in [0.1, 0.15) is 0 Å². The van der Waals surface area contributed by atoms with Gasteiger partial charge in [0.15, 0.2) is 5.82 Å². The molecule has 118 valence electrons. The Hall–Kier alpha value is -1.72. The number of nitrogens with one attached hydrogen (secondary N) is 1. The SMILES string of the molecule is CNC1CCCN(Cc2nc(CCc3ccccc3)no2)C1. The maximum absolute atomic E-state index is 5.40. The molecule has 3 rings (SSSR count). The molecule has 1 aromatic heterocycles. The molecule has 0 bridgehead atoms. The first-order valence-electron chi connectivity index (χ1n) is 8.08. The van der Waals surface area contributed by atoms with E-state index >= 15 is 0 Å². The van der Waals surface area contributed by atoms with Gasteiger partial charge >= 0.3 is 0 Å². The first-order chi connectivity index (χ1) is 10.8. The molecule has 0 saturated carbocycles. The van der Waals surface area contributed by atoms with Crippen LogP contribution in [-0.2, 0) is 19.4 Å². The average molecular weight is 300 g/mol. The zero-order valence-electron chi connectivity index (χ0n) is 13.2. The predicted molar refractivity (Wildman–Crippen MR) is 85.5 cm³/mol. The summed E-state index contributed by atoms with van der Waals surface area (Å²) in [6.45, 7) is 2.93. The largest absolute Gasteiger partial charge is 0.338 e. The van der Waals surface area contributed by atoms with Gasteiger partial charge in [-0.15, -0.1) is 0 Å². The highest BCUT2D eigenvalue weighted by Gasteiger charge is 2.20. The van der Waals surface area contributed by atoms with Crippen molar-refractivity contribution in [2.24, 2.45) is 0 Å². The van der Waals surface area contributed by atoms with Crippen molar-refractivity contribution in [2.75, 3.05) is 20.1 Å². The number of likely N-dealkylation sites (tertiary alicyclic amines) is 1. The minimum absolute atomic E-state index is 0.578. The minimum Gasteiger partial charge on any atom is -0.338 e. The van der Waals surface area contributed by atoms with Crippen LogP contribution in [-0.4, -0.2) is 41.2 Å². The lowest BCUT2D eigenvalue weighted by Crippen LogP contribution is -2.43. The number of hydrogen-bond acceptors (Lipinski definition) is 5. The monoisotopic (exact) mass is 300 g/mol. The van der Waals surface area contributed by atoms with E-state index in [1.807, 2.05) is 13.1 Å². The summed E-state index contributed by atoms with van der Waals surface area (Å²) in [5, 5.41) is 7.46. The number of hydrogen-bond donors (Lipinski definition) is 1. The molecule has 1 aromatic carbocycles. The van der Waals surface area contributed by atoms with Gasteiger partial charge in [0.2, 0.25) is 5.89 Å². The Bertz CT molecular complexity index is 569. The molecule has 1 aliphatic heterocycles. The highest BCUT2D eigenvalue weighted by atomic mass is 16.5. The molecule has 5 nitrogen and oxygen atoms in total. The molecule has 1 fully saturated rings. The average Bonchev–Trinajstić information content (AvgIpc) is 3.01. The van der Waals surface area contributed by atoms with E-state index in [0.29, 0.717) is 6.04 Å². The minimum atomic E-state index is 0.578. The van der Waals surface area contributed by atoms with E-state index in [4.69, 9.17) is 4.52 Å². The van der Waals surface area contributed by atoms with Crippen LogP contribution < -0.4 is 5.32 Å². The van der Waals surface area contributed by atoms with Gasteiger partial charge in [-0.25, -0.2) is 0 Å². The Kier molecular flexibility index (Phi) is 5.19. The molecule has 2 heterocycles. The summed E-state index contributed by atoms with van der Waals surface area (Å²) in [5.74, 6) is 1.54. The molecule has 1 atom stereocenters. The molecule has 0 spiro atoms. The maximum atomic E-state index is 5.40. The van der Waals surface area contributed by atoms with Crippen molar-refractivity contribution in [3.8, 4) is 0 Å². The third kappa shape index (κ3) is 4.15. The molecular weight excluding hydrogens is 276 g/mol. The van der Waals surface area contributed by atoms with Crippen molar-refractivity contribution in [1.82, 2.24) is 20.4 Å². The standard InChI is InChI=1S/C17H24N4O/c1-18-15-8-5-11-21(12-15)13-17-19-16(20-22-17)10-9-14-6-3-2-4-7-14/h2-4,6-7,15,18H,5,8-13H2,1H3. The van der Waals surface area contributed by atoms with Crippen molar-refractivity contribution in [1.29, 1.82) is 0 Å². The second kappa shape index (κ2) is 7.51. The van der Waals surface area contributed by atoms with Crippen molar-refractivity contribution in [2.45, 2.75) is 38.3 Å². The lowest BCUT2D eigenvalue weighted by Gasteiger charge is -2.31. The quantitative estimate of drug-likeness (QED) is 0.885. The molecule has 5 heteroatoms. The number of piperidine rings is 1. The smallest absolute Gasteiger partial charge is 0.240 e. The van der Waals surface area contributed by atoms with Gasteiger partial charge in [-0.2, -0.15) is 4.98 Å². The summed E-state index contributed by atoms with van der Waals surface area (Å²) >= 11 is 0. The van der Waals surface area contributed by atoms with E-state index in [-0.39, 0.29) is 0 Å². The molecule has 0 radical (unpaired) electrons. The zero-order valence-corrected chi connectivity index (χ0v) is 13.2. The van der Waals surface area contributed by atoms with Gasteiger partial charge in [-0.1, -0.05) is 35.5 Å². The van der Waals surface area contributed by atoms with E-state index in [0.717, 1.165) is 44.2 Å². The van der Waals surface area contributed by atoms with Crippen LogP contribution in [0.2, 0.25) is 0 Å². The Morgan fingerprint density at radius 2 is 2.14 bits per heavy atom. The fourth-order valence-electron chi connectivity index (χ4n) is 2.98. The third-order valence-corrected chi connectivity index (χ3v) is 4.26. The molecule has 2 aromatic rings. The van der Waals surface area contributed by atoms with Crippen LogP contribution in [0.5, 0.6) is 0 Å². The molecule has 1 saturated heterocycles. The highest BCUT2D eigenvalue weighted by molar-refractivity contribution is 5.15. The van der Waals surface area contributed by atoms with Crippen molar-refractivity contribution in [3.05, 3.63) is 47.6 Å². The topological polar surface area (TPSA) is 54.2 Å². The first-order valence-corrected chi connectivity index (χ1v) is 8.08. The fourth-order valence-corrected chi connectivity index (χ4v) is 2.98. The number of aryl methyl sites for hydroxylation is 2. The number of rotatable bonds is 6. The van der Waals surface area contributed by atoms with Crippen LogP contribution in [0.15, 0.2) is 34.9 Å². The molecule has 22 heavy (non-hydrogen) atoms. The Morgan fingerprint density at radius 3 is 2.95 bits per heavy atom. The zero-order chi connectivity index (χ0) is 15.2. The predicted octanol–water partition coefficient (Wildman–Crippen LogP) is 2.04. The van der Waals surface area contributed by atoms with E-state index in [9.17, 15) is 0 Å². The van der Waals surface area contributed by atoms with Gasteiger partial charge in [0, 0.05) is 19.0 Å². The third-order valence-electron chi connectivity index (χ3n) is 4.26.